The maximum Gasteiger partial charge on any atom is 0.573 e. The number of halogens is 3. The number of unbranched alkanes of at least 4 members (excludes halogenated alkanes) is 1. The number of aliphatic imine (C=N–C) groups is 1. The summed E-state index contributed by atoms with van der Waals surface area (Å²) < 4.78 is 42.6. The highest BCUT2D eigenvalue weighted by Crippen LogP contribution is 2.34. The second-order valence-corrected chi connectivity index (χ2v) is 12.0. The normalized spacial score (nSPS) is 14.4. The second kappa shape index (κ2) is 14.2. The van der Waals surface area contributed by atoms with Gasteiger partial charge in [0.15, 0.2) is 11.0 Å². The van der Waals surface area contributed by atoms with Crippen LogP contribution in [0.15, 0.2) is 78.0 Å². The van der Waals surface area contributed by atoms with Gasteiger partial charge in [0.05, 0.1) is 17.1 Å². The van der Waals surface area contributed by atoms with E-state index in [1.54, 1.807) is 4.90 Å². The SMILES string of the molecule is Cc1ccc(C(C)C)c(N2C(=O)CSC2=NC(=O)NCCCCc2ccc(-c3ncn(-c4ccc(OC(F)(F)F)cc4)n3)cc2)c1. The molecular weight excluding hydrogens is 617 g/mol. The largest absolute Gasteiger partial charge is 0.573 e. The summed E-state index contributed by atoms with van der Waals surface area (Å²) in [5.74, 6) is 0.531. The number of aryl methyl sites for hydroxylation is 2. The van der Waals surface area contributed by atoms with Gasteiger partial charge in [-0.05, 0) is 79.1 Å². The van der Waals surface area contributed by atoms with Crippen LogP contribution in [0.5, 0.6) is 5.75 Å². The lowest BCUT2D eigenvalue weighted by molar-refractivity contribution is -0.274. The first-order valence-electron chi connectivity index (χ1n) is 14.8. The number of aromatic nitrogens is 3. The van der Waals surface area contributed by atoms with Crippen molar-refractivity contribution in [3.05, 3.63) is 89.7 Å². The zero-order chi connectivity index (χ0) is 32.8. The second-order valence-electron chi connectivity index (χ2n) is 11.1. The molecule has 1 aliphatic heterocycles. The minimum absolute atomic E-state index is 0.0904. The van der Waals surface area contributed by atoms with Crippen molar-refractivity contribution in [2.45, 2.75) is 52.3 Å². The molecule has 240 valence electrons. The molecule has 0 aliphatic carbocycles. The van der Waals surface area contributed by atoms with E-state index in [1.807, 2.05) is 49.4 Å². The summed E-state index contributed by atoms with van der Waals surface area (Å²) >= 11 is 1.27. The van der Waals surface area contributed by atoms with E-state index in [0.717, 1.165) is 47.2 Å². The standard InChI is InChI=1S/C33H33F3N6O3S/c1-21(2)27-16-7-22(3)18-28(27)42-29(43)19-46-32(42)39-31(44)37-17-5-4-6-23-8-10-24(11-9-23)30-38-20-41(40-30)25-12-14-26(15-13-25)45-33(34,35)36/h7-16,18,20-21H,4-6,17,19H2,1-3H3,(H,37,44). The van der Waals surface area contributed by atoms with Gasteiger partial charge >= 0.3 is 12.4 Å². The molecule has 1 N–H and O–H groups in total. The van der Waals surface area contributed by atoms with Crippen molar-refractivity contribution < 1.29 is 27.5 Å². The summed E-state index contributed by atoms with van der Waals surface area (Å²) in [4.78, 5) is 35.5. The molecule has 9 nitrogen and oxygen atoms in total. The lowest BCUT2D eigenvalue weighted by Crippen LogP contribution is -2.32. The van der Waals surface area contributed by atoms with E-state index in [4.69, 9.17) is 0 Å². The fraction of sp³-hybridized carbons (Fsp3) is 0.303. The zero-order valence-electron chi connectivity index (χ0n) is 25.5. The Morgan fingerprint density at radius 1 is 1.07 bits per heavy atom. The third-order valence-electron chi connectivity index (χ3n) is 7.22. The summed E-state index contributed by atoms with van der Waals surface area (Å²) in [6.45, 7) is 6.57. The summed E-state index contributed by atoms with van der Waals surface area (Å²) in [5, 5.41) is 7.66. The number of ether oxygens (including phenoxy) is 1. The van der Waals surface area contributed by atoms with E-state index in [1.165, 1.54) is 47.0 Å². The Morgan fingerprint density at radius 2 is 1.80 bits per heavy atom. The Labute approximate surface area is 268 Å². The molecule has 1 fully saturated rings. The molecule has 5 rings (SSSR count). The summed E-state index contributed by atoms with van der Waals surface area (Å²) in [7, 11) is 0. The van der Waals surface area contributed by atoms with E-state index in [9.17, 15) is 22.8 Å². The summed E-state index contributed by atoms with van der Waals surface area (Å²) in [6, 6.07) is 18.7. The minimum atomic E-state index is -4.75. The first-order valence-corrected chi connectivity index (χ1v) is 15.8. The Hall–Kier alpha value is -4.65. The maximum atomic E-state index is 12.7. The molecule has 0 bridgehead atoms. The van der Waals surface area contributed by atoms with Crippen LogP contribution in [0, 0.1) is 6.92 Å². The van der Waals surface area contributed by atoms with E-state index < -0.39 is 12.4 Å². The minimum Gasteiger partial charge on any atom is -0.406 e. The van der Waals surface area contributed by atoms with Gasteiger partial charge in [-0.2, -0.15) is 4.99 Å². The van der Waals surface area contributed by atoms with Gasteiger partial charge in [-0.25, -0.2) is 14.5 Å². The number of carbonyl (C=O) groups excluding carboxylic acids is 2. The Balaban J connectivity index is 1.09. The van der Waals surface area contributed by atoms with Crippen molar-refractivity contribution in [1.82, 2.24) is 20.1 Å². The Bertz CT molecular complexity index is 1720. The predicted molar refractivity (Wildman–Crippen MR) is 172 cm³/mol. The molecule has 3 amide bonds. The van der Waals surface area contributed by atoms with Crippen molar-refractivity contribution in [1.29, 1.82) is 0 Å². The molecule has 2 heterocycles. The van der Waals surface area contributed by atoms with Crippen molar-refractivity contribution in [2.75, 3.05) is 17.2 Å². The van der Waals surface area contributed by atoms with Gasteiger partial charge in [-0.1, -0.05) is 62.0 Å². The van der Waals surface area contributed by atoms with E-state index in [-0.39, 0.29) is 23.3 Å². The molecule has 0 unspecified atom stereocenters. The van der Waals surface area contributed by atoms with Crippen LogP contribution >= 0.6 is 11.8 Å². The van der Waals surface area contributed by atoms with Gasteiger partial charge < -0.3 is 10.1 Å². The molecule has 13 heteroatoms. The molecule has 1 saturated heterocycles. The lowest BCUT2D eigenvalue weighted by atomic mass is 9.99. The number of carbonyl (C=O) groups is 2. The van der Waals surface area contributed by atoms with Crippen molar-refractivity contribution in [2.24, 2.45) is 4.99 Å². The van der Waals surface area contributed by atoms with Crippen LogP contribution < -0.4 is 15.0 Å². The number of urea groups is 1. The molecule has 3 aromatic carbocycles. The zero-order valence-corrected chi connectivity index (χ0v) is 26.4. The molecule has 1 aromatic heterocycles. The number of hydrogen-bond donors (Lipinski definition) is 1. The lowest BCUT2D eigenvalue weighted by Gasteiger charge is -2.22. The van der Waals surface area contributed by atoms with Crippen LogP contribution in [0.4, 0.5) is 23.7 Å². The molecule has 46 heavy (non-hydrogen) atoms. The third-order valence-corrected chi connectivity index (χ3v) is 8.14. The number of nitrogens with zero attached hydrogens (tertiary/aromatic N) is 5. The average Bonchev–Trinajstić information content (AvgIpc) is 3.64. The fourth-order valence-electron chi connectivity index (χ4n) is 4.93. The molecule has 1 aliphatic rings. The first-order chi connectivity index (χ1) is 22.0. The van der Waals surface area contributed by atoms with Crippen LogP contribution in [0.2, 0.25) is 0 Å². The van der Waals surface area contributed by atoms with Crippen molar-refractivity contribution in [3.8, 4) is 22.8 Å². The number of alkyl halides is 3. The Morgan fingerprint density at radius 3 is 2.50 bits per heavy atom. The summed E-state index contributed by atoms with van der Waals surface area (Å²) in [6.07, 6.45) is -0.850. The van der Waals surface area contributed by atoms with E-state index in [2.05, 4.69) is 39.0 Å². The molecule has 0 radical (unpaired) electrons. The molecule has 0 saturated carbocycles. The molecular formula is C33H33F3N6O3S. The number of hydrogen-bond acceptors (Lipinski definition) is 6. The molecule has 0 atom stereocenters. The van der Waals surface area contributed by atoms with Crippen LogP contribution in [0.25, 0.3) is 17.1 Å². The number of thioether (sulfide) groups is 1. The van der Waals surface area contributed by atoms with Gasteiger partial charge in [-0.3, -0.25) is 9.69 Å². The number of amides is 3. The predicted octanol–water partition coefficient (Wildman–Crippen LogP) is 7.43. The highest BCUT2D eigenvalue weighted by molar-refractivity contribution is 8.15. The van der Waals surface area contributed by atoms with Gasteiger partial charge in [0.25, 0.3) is 0 Å². The first kappa shape index (κ1) is 32.7. The summed E-state index contributed by atoms with van der Waals surface area (Å²) in [5.41, 5.74) is 5.30. The van der Waals surface area contributed by atoms with Crippen molar-refractivity contribution >= 4 is 34.6 Å². The van der Waals surface area contributed by atoms with E-state index >= 15 is 0 Å². The highest BCUT2D eigenvalue weighted by Gasteiger charge is 2.33. The Kier molecular flexibility index (Phi) is 10.1. The van der Waals surface area contributed by atoms with Crippen molar-refractivity contribution in [3.63, 3.8) is 0 Å². The molecule has 4 aromatic rings. The smallest absolute Gasteiger partial charge is 0.406 e. The quantitative estimate of drug-likeness (QED) is 0.179. The van der Waals surface area contributed by atoms with Gasteiger partial charge in [0, 0.05) is 12.1 Å². The molecule has 0 spiro atoms. The van der Waals surface area contributed by atoms with Gasteiger partial charge in [0.1, 0.15) is 12.1 Å². The fourth-order valence-corrected chi connectivity index (χ4v) is 5.79. The van der Waals surface area contributed by atoms with E-state index in [0.29, 0.717) is 23.2 Å². The topological polar surface area (TPSA) is 102 Å². The monoisotopic (exact) mass is 650 g/mol. The van der Waals surface area contributed by atoms with Crippen LogP contribution in [0.1, 0.15) is 49.3 Å². The third kappa shape index (κ3) is 8.33. The number of amidine groups is 1. The van der Waals surface area contributed by atoms with Gasteiger partial charge in [0.2, 0.25) is 5.91 Å². The van der Waals surface area contributed by atoms with Gasteiger partial charge in [-0.15, -0.1) is 18.3 Å². The number of rotatable bonds is 10. The average molecular weight is 651 g/mol. The number of anilines is 1. The number of nitrogens with one attached hydrogen (secondary N) is 1. The highest BCUT2D eigenvalue weighted by atomic mass is 32.2. The number of benzene rings is 3. The maximum absolute atomic E-state index is 12.7. The van der Waals surface area contributed by atoms with Crippen LogP contribution in [-0.2, 0) is 11.2 Å². The van der Waals surface area contributed by atoms with Crippen LogP contribution in [-0.4, -0.2) is 50.5 Å². The van der Waals surface area contributed by atoms with Crippen LogP contribution in [0.3, 0.4) is 0 Å².